The third kappa shape index (κ3) is 5.65. The van der Waals surface area contributed by atoms with Crippen LogP contribution >= 0.6 is 0 Å². The maximum Gasteiger partial charge on any atom is 0.326 e. The van der Waals surface area contributed by atoms with Crippen LogP contribution in [0, 0.1) is 0 Å². The number of ether oxygens (including phenoxy) is 2. The number of carboxylic acids is 1. The minimum atomic E-state index is -1.05. The lowest BCUT2D eigenvalue weighted by Gasteiger charge is -2.13. The molecule has 0 bridgehead atoms. The first-order chi connectivity index (χ1) is 16.5. The molecule has 4 N–H and O–H groups in total. The lowest BCUT2D eigenvalue weighted by atomic mass is 10.1. The molecule has 0 radical (unpaired) electrons. The van der Waals surface area contributed by atoms with Crippen molar-refractivity contribution in [3.8, 4) is 17.5 Å². The third-order valence-corrected chi connectivity index (χ3v) is 4.59. The number of rotatable bonds is 8. The van der Waals surface area contributed by atoms with E-state index in [4.69, 9.17) is 14.6 Å². The molecule has 34 heavy (non-hydrogen) atoms. The zero-order valence-corrected chi connectivity index (χ0v) is 18.0. The second-order valence-corrected chi connectivity index (χ2v) is 6.94. The average molecular weight is 460 g/mol. The Bertz CT molecular complexity index is 1330. The van der Waals surface area contributed by atoms with E-state index >= 15 is 0 Å². The Labute approximate surface area is 193 Å². The van der Waals surface area contributed by atoms with Crippen LogP contribution in [-0.2, 0) is 4.79 Å². The number of aliphatic carboxylic acids is 1. The molecule has 0 aliphatic carbocycles. The summed E-state index contributed by atoms with van der Waals surface area (Å²) in [6.07, 6.45) is 1.20. The van der Waals surface area contributed by atoms with Crippen molar-refractivity contribution in [2.45, 2.75) is 0 Å². The van der Waals surface area contributed by atoms with Crippen molar-refractivity contribution in [2.24, 2.45) is 0 Å². The van der Waals surface area contributed by atoms with Gasteiger partial charge in [0.15, 0.2) is 0 Å². The molecular formula is C23H20N6O5. The molecule has 0 atom stereocenters. The van der Waals surface area contributed by atoms with Gasteiger partial charge in [0.25, 0.3) is 0 Å². The van der Waals surface area contributed by atoms with E-state index in [1.807, 2.05) is 24.3 Å². The van der Waals surface area contributed by atoms with Crippen LogP contribution in [-0.4, -0.2) is 45.7 Å². The standard InChI is InChI=1S/C23H20N6O5/c1-33-16-8-6-15(7-9-16)27-22(32)28-19-11-17(10-14-4-2-3-5-18(14)19)34-23-26-13-25-21(29-23)24-12-20(30)31/h2-11,13H,12H2,1H3,(H,30,31)(H2,27,28,32)(H,24,25,26,29). The van der Waals surface area contributed by atoms with Crippen LogP contribution in [0.5, 0.6) is 17.5 Å². The summed E-state index contributed by atoms with van der Waals surface area (Å²) in [5.41, 5.74) is 1.11. The van der Waals surface area contributed by atoms with E-state index in [2.05, 4.69) is 30.9 Å². The smallest absolute Gasteiger partial charge is 0.326 e. The summed E-state index contributed by atoms with van der Waals surface area (Å²) >= 11 is 0. The molecule has 4 aromatic rings. The number of nitrogens with one attached hydrogen (secondary N) is 3. The van der Waals surface area contributed by atoms with Crippen LogP contribution in [0.3, 0.4) is 0 Å². The summed E-state index contributed by atoms with van der Waals surface area (Å²) in [5.74, 6) is 0.0572. The monoisotopic (exact) mass is 460 g/mol. The fourth-order valence-electron chi connectivity index (χ4n) is 3.08. The molecule has 1 aromatic heterocycles. The van der Waals surface area contributed by atoms with Crippen molar-refractivity contribution >= 4 is 40.1 Å². The number of carboxylic acid groups (broad SMARTS) is 1. The number of anilines is 3. The number of hydrogen-bond acceptors (Lipinski definition) is 8. The largest absolute Gasteiger partial charge is 0.497 e. The third-order valence-electron chi connectivity index (χ3n) is 4.59. The topological polar surface area (TPSA) is 148 Å². The molecule has 172 valence electrons. The molecule has 2 amide bonds. The van der Waals surface area contributed by atoms with Crippen LogP contribution in [0.2, 0.25) is 0 Å². The molecule has 0 aliphatic rings. The maximum absolute atomic E-state index is 12.6. The van der Waals surface area contributed by atoms with E-state index in [0.717, 1.165) is 10.8 Å². The second-order valence-electron chi connectivity index (χ2n) is 6.94. The molecule has 0 spiro atoms. The van der Waals surface area contributed by atoms with Gasteiger partial charge >= 0.3 is 18.0 Å². The average Bonchev–Trinajstić information content (AvgIpc) is 2.83. The van der Waals surface area contributed by atoms with Crippen LogP contribution in [0.25, 0.3) is 10.8 Å². The zero-order chi connectivity index (χ0) is 23.9. The first-order valence-electron chi connectivity index (χ1n) is 10.1. The molecule has 1 heterocycles. The summed E-state index contributed by atoms with van der Waals surface area (Å²) in [7, 11) is 1.57. The number of aromatic nitrogens is 3. The first-order valence-corrected chi connectivity index (χ1v) is 10.1. The van der Waals surface area contributed by atoms with Crippen molar-refractivity contribution in [3.05, 3.63) is 67.0 Å². The van der Waals surface area contributed by atoms with Gasteiger partial charge in [-0.3, -0.25) is 4.79 Å². The molecular weight excluding hydrogens is 440 g/mol. The van der Waals surface area contributed by atoms with Crippen LogP contribution in [0.4, 0.5) is 22.1 Å². The normalized spacial score (nSPS) is 10.4. The van der Waals surface area contributed by atoms with E-state index in [9.17, 15) is 9.59 Å². The van der Waals surface area contributed by atoms with Crippen molar-refractivity contribution in [1.82, 2.24) is 15.0 Å². The van der Waals surface area contributed by atoms with Gasteiger partial charge in [0, 0.05) is 17.1 Å². The maximum atomic E-state index is 12.6. The molecule has 11 heteroatoms. The summed E-state index contributed by atoms with van der Waals surface area (Å²) in [6, 6.07) is 17.4. The van der Waals surface area contributed by atoms with E-state index < -0.39 is 12.0 Å². The molecule has 11 nitrogen and oxygen atoms in total. The first kappa shape index (κ1) is 22.3. The van der Waals surface area contributed by atoms with E-state index in [1.54, 1.807) is 43.5 Å². The number of hydrogen-bond donors (Lipinski definition) is 4. The Hall–Kier alpha value is -4.93. The van der Waals surface area contributed by atoms with Gasteiger partial charge in [0.1, 0.15) is 24.4 Å². The lowest BCUT2D eigenvalue weighted by molar-refractivity contribution is -0.134. The highest BCUT2D eigenvalue weighted by molar-refractivity contribution is 6.06. The van der Waals surface area contributed by atoms with Gasteiger partial charge in [-0.1, -0.05) is 24.3 Å². The van der Waals surface area contributed by atoms with Crippen molar-refractivity contribution in [3.63, 3.8) is 0 Å². The number of carbonyl (C=O) groups excluding carboxylic acids is 1. The fraction of sp³-hybridized carbons (Fsp3) is 0.0870. The highest BCUT2D eigenvalue weighted by atomic mass is 16.5. The Kier molecular flexibility index (Phi) is 6.63. The van der Waals surface area contributed by atoms with Gasteiger partial charge in [-0.25, -0.2) is 9.78 Å². The van der Waals surface area contributed by atoms with Crippen molar-refractivity contribution in [2.75, 3.05) is 29.6 Å². The van der Waals surface area contributed by atoms with Gasteiger partial charge < -0.3 is 30.5 Å². The highest BCUT2D eigenvalue weighted by Crippen LogP contribution is 2.31. The number of amides is 2. The number of benzene rings is 3. The fourth-order valence-corrected chi connectivity index (χ4v) is 3.08. The molecule has 3 aromatic carbocycles. The van der Waals surface area contributed by atoms with Gasteiger partial charge in [-0.05, 0) is 35.7 Å². The molecule has 0 aliphatic heterocycles. The quantitative estimate of drug-likeness (QED) is 0.306. The lowest BCUT2D eigenvalue weighted by Crippen LogP contribution is -2.19. The van der Waals surface area contributed by atoms with E-state index in [1.165, 1.54) is 6.33 Å². The van der Waals surface area contributed by atoms with Crippen LogP contribution in [0.15, 0.2) is 67.0 Å². The van der Waals surface area contributed by atoms with Crippen LogP contribution in [0.1, 0.15) is 0 Å². The van der Waals surface area contributed by atoms with Gasteiger partial charge in [0.05, 0.1) is 12.8 Å². The molecule has 0 fully saturated rings. The number of nitrogens with zero attached hydrogens (tertiary/aromatic N) is 3. The minimum Gasteiger partial charge on any atom is -0.497 e. The predicted octanol–water partition coefficient (Wildman–Crippen LogP) is 3.97. The molecule has 0 unspecified atom stereocenters. The summed E-state index contributed by atoms with van der Waals surface area (Å²) in [4.78, 5) is 35.2. The minimum absolute atomic E-state index is 0.0354. The molecule has 4 rings (SSSR count). The van der Waals surface area contributed by atoms with E-state index in [-0.39, 0.29) is 18.5 Å². The highest BCUT2D eigenvalue weighted by Gasteiger charge is 2.11. The van der Waals surface area contributed by atoms with E-state index in [0.29, 0.717) is 22.9 Å². The summed E-state index contributed by atoms with van der Waals surface area (Å²) < 4.78 is 10.9. The Morgan fingerprint density at radius 3 is 2.53 bits per heavy atom. The predicted molar refractivity (Wildman–Crippen MR) is 126 cm³/mol. The second kappa shape index (κ2) is 10.1. The van der Waals surface area contributed by atoms with Gasteiger partial charge in [-0.15, -0.1) is 0 Å². The number of methoxy groups -OCH3 is 1. The van der Waals surface area contributed by atoms with Crippen LogP contribution < -0.4 is 25.4 Å². The Morgan fingerprint density at radius 2 is 1.76 bits per heavy atom. The summed E-state index contributed by atoms with van der Waals surface area (Å²) in [5, 5.41) is 18.6. The summed E-state index contributed by atoms with van der Waals surface area (Å²) in [6.45, 7) is -0.350. The number of urea groups is 1. The van der Waals surface area contributed by atoms with Gasteiger partial charge in [0.2, 0.25) is 5.95 Å². The number of carbonyl (C=O) groups is 2. The SMILES string of the molecule is COc1ccc(NC(=O)Nc2cc(Oc3ncnc(NCC(=O)O)n3)cc3ccccc23)cc1. The Balaban J connectivity index is 1.55. The van der Waals surface area contributed by atoms with Gasteiger partial charge in [-0.2, -0.15) is 9.97 Å². The molecule has 0 saturated carbocycles. The number of fused-ring (bicyclic) bond motifs is 1. The van der Waals surface area contributed by atoms with Crippen molar-refractivity contribution < 1.29 is 24.2 Å². The van der Waals surface area contributed by atoms with Crippen molar-refractivity contribution in [1.29, 1.82) is 0 Å². The zero-order valence-electron chi connectivity index (χ0n) is 18.0. The molecule has 0 saturated heterocycles. The Morgan fingerprint density at radius 1 is 0.971 bits per heavy atom.